The fourth-order valence-electron chi connectivity index (χ4n) is 2.77. The van der Waals surface area contributed by atoms with E-state index >= 15 is 0 Å². The molecule has 0 N–H and O–H groups in total. The van der Waals surface area contributed by atoms with Gasteiger partial charge in [0.15, 0.2) is 4.90 Å². The third-order valence-electron chi connectivity index (χ3n) is 3.95. The van der Waals surface area contributed by atoms with Crippen LogP contribution in [-0.2, 0) is 9.84 Å². The number of hydrogen-bond acceptors (Lipinski definition) is 4. The Kier molecular flexibility index (Phi) is 3.25. The number of rotatable bonds is 2. The summed E-state index contributed by atoms with van der Waals surface area (Å²) in [5.74, 6) is 0. The summed E-state index contributed by atoms with van der Waals surface area (Å²) in [7, 11) is -3.94. The normalized spacial score (nSPS) is 11.8. The van der Waals surface area contributed by atoms with E-state index in [4.69, 9.17) is 4.42 Å². The molecule has 0 unspecified atom stereocenters. The first kappa shape index (κ1) is 14.7. The van der Waals surface area contributed by atoms with E-state index < -0.39 is 15.5 Å². The molecule has 0 aliphatic carbocycles. The van der Waals surface area contributed by atoms with E-state index in [1.807, 2.05) is 30.3 Å². The summed E-state index contributed by atoms with van der Waals surface area (Å²) in [6.45, 7) is 0. The third-order valence-corrected chi connectivity index (χ3v) is 5.71. The van der Waals surface area contributed by atoms with Crippen molar-refractivity contribution in [2.75, 3.05) is 0 Å². The third kappa shape index (κ3) is 2.21. The van der Waals surface area contributed by atoms with Crippen LogP contribution in [0.15, 0.2) is 91.8 Å². The van der Waals surface area contributed by atoms with Crippen LogP contribution in [0.1, 0.15) is 0 Å². The van der Waals surface area contributed by atoms with Crippen molar-refractivity contribution >= 4 is 31.6 Å². The van der Waals surface area contributed by atoms with Crippen LogP contribution >= 0.6 is 0 Å². The molecule has 4 aromatic rings. The second-order valence-electron chi connectivity index (χ2n) is 5.41. The zero-order valence-corrected chi connectivity index (χ0v) is 13.3. The smallest absolute Gasteiger partial charge is 0.355 e. The van der Waals surface area contributed by atoms with Gasteiger partial charge in [0, 0.05) is 5.39 Å². The summed E-state index contributed by atoms with van der Waals surface area (Å²) in [5, 5.41) is 2.38. The Morgan fingerprint density at radius 2 is 1.46 bits per heavy atom. The predicted octanol–water partition coefficient (Wildman–Crippen LogP) is 3.78. The quantitative estimate of drug-likeness (QED) is 0.413. The van der Waals surface area contributed by atoms with Gasteiger partial charge in [0.25, 0.3) is 0 Å². The highest BCUT2D eigenvalue weighted by Crippen LogP contribution is 2.27. The standard InChI is InChI=1S/C19H12O4S/c20-19-18(24(21,22)14-7-2-1-3-8-14)12-16-15-9-5-4-6-13(15)10-11-17(16)23-19/h1-12H. The highest BCUT2D eigenvalue weighted by molar-refractivity contribution is 7.91. The van der Waals surface area contributed by atoms with Gasteiger partial charge in [0.2, 0.25) is 9.84 Å². The molecule has 0 fully saturated rings. The second kappa shape index (κ2) is 5.32. The Hall–Kier alpha value is -2.92. The van der Waals surface area contributed by atoms with Crippen LogP contribution < -0.4 is 5.63 Å². The maximum absolute atomic E-state index is 12.8. The number of benzene rings is 3. The molecule has 0 amide bonds. The van der Waals surface area contributed by atoms with E-state index in [9.17, 15) is 13.2 Å². The lowest BCUT2D eigenvalue weighted by atomic mass is 10.1. The van der Waals surface area contributed by atoms with Crippen molar-refractivity contribution in [2.45, 2.75) is 9.79 Å². The van der Waals surface area contributed by atoms with E-state index in [1.54, 1.807) is 24.3 Å². The van der Waals surface area contributed by atoms with E-state index in [2.05, 4.69) is 0 Å². The molecule has 0 spiro atoms. The SMILES string of the molecule is O=c1oc2ccc3ccccc3c2cc1S(=O)(=O)c1ccccc1. The van der Waals surface area contributed by atoms with Crippen molar-refractivity contribution in [3.05, 3.63) is 83.2 Å². The topological polar surface area (TPSA) is 64.3 Å². The van der Waals surface area contributed by atoms with Crippen LogP contribution in [0.3, 0.4) is 0 Å². The van der Waals surface area contributed by atoms with Crippen LogP contribution in [0.5, 0.6) is 0 Å². The average molecular weight is 336 g/mol. The second-order valence-corrected chi connectivity index (χ2v) is 7.33. The molecule has 0 aliphatic rings. The van der Waals surface area contributed by atoms with Crippen LogP contribution in [0, 0.1) is 0 Å². The Morgan fingerprint density at radius 3 is 2.25 bits per heavy atom. The Morgan fingerprint density at radius 1 is 0.750 bits per heavy atom. The largest absolute Gasteiger partial charge is 0.422 e. The van der Waals surface area contributed by atoms with Gasteiger partial charge in [-0.2, -0.15) is 0 Å². The van der Waals surface area contributed by atoms with Gasteiger partial charge < -0.3 is 4.42 Å². The van der Waals surface area contributed by atoms with Crippen LogP contribution in [-0.4, -0.2) is 8.42 Å². The fraction of sp³-hybridized carbons (Fsp3) is 0. The molecule has 0 aliphatic heterocycles. The first-order valence-electron chi connectivity index (χ1n) is 7.33. The molecule has 3 aromatic carbocycles. The number of fused-ring (bicyclic) bond motifs is 3. The Bertz CT molecular complexity index is 1220. The minimum atomic E-state index is -3.94. The highest BCUT2D eigenvalue weighted by Gasteiger charge is 2.23. The zero-order valence-electron chi connectivity index (χ0n) is 12.5. The average Bonchev–Trinajstić information content (AvgIpc) is 2.61. The summed E-state index contributed by atoms with van der Waals surface area (Å²) < 4.78 is 30.8. The lowest BCUT2D eigenvalue weighted by Gasteiger charge is -2.06. The molecule has 0 saturated heterocycles. The lowest BCUT2D eigenvalue weighted by molar-refractivity contribution is 0.533. The van der Waals surface area contributed by atoms with Crippen molar-refractivity contribution in [1.82, 2.24) is 0 Å². The van der Waals surface area contributed by atoms with E-state index in [1.165, 1.54) is 18.2 Å². The van der Waals surface area contributed by atoms with Gasteiger partial charge in [0.1, 0.15) is 5.58 Å². The predicted molar refractivity (Wildman–Crippen MR) is 91.9 cm³/mol. The van der Waals surface area contributed by atoms with Gasteiger partial charge in [-0.15, -0.1) is 0 Å². The molecule has 0 bridgehead atoms. The molecular formula is C19H12O4S. The molecule has 0 atom stereocenters. The van der Waals surface area contributed by atoms with Crippen molar-refractivity contribution in [3.8, 4) is 0 Å². The summed E-state index contributed by atoms with van der Waals surface area (Å²) in [5.41, 5.74) is -0.493. The van der Waals surface area contributed by atoms with Crippen LogP contribution in [0.25, 0.3) is 21.7 Å². The summed E-state index contributed by atoms with van der Waals surface area (Å²) in [6, 6.07) is 20.3. The van der Waals surface area contributed by atoms with E-state index in [0.29, 0.717) is 11.0 Å². The summed E-state index contributed by atoms with van der Waals surface area (Å²) in [4.78, 5) is 12.0. The van der Waals surface area contributed by atoms with E-state index in [-0.39, 0.29) is 9.79 Å². The van der Waals surface area contributed by atoms with Gasteiger partial charge in [-0.25, -0.2) is 13.2 Å². The number of sulfone groups is 1. The molecule has 0 saturated carbocycles. The highest BCUT2D eigenvalue weighted by atomic mass is 32.2. The molecule has 24 heavy (non-hydrogen) atoms. The molecular weight excluding hydrogens is 324 g/mol. The molecule has 4 rings (SSSR count). The maximum atomic E-state index is 12.8. The van der Waals surface area contributed by atoms with Gasteiger partial charge in [-0.3, -0.25) is 0 Å². The molecule has 4 nitrogen and oxygen atoms in total. The molecule has 1 aromatic heterocycles. The van der Waals surface area contributed by atoms with Gasteiger partial charge in [-0.05, 0) is 35.0 Å². The maximum Gasteiger partial charge on any atom is 0.355 e. The van der Waals surface area contributed by atoms with Crippen molar-refractivity contribution in [3.63, 3.8) is 0 Å². The lowest BCUT2D eigenvalue weighted by Crippen LogP contribution is -2.14. The van der Waals surface area contributed by atoms with Gasteiger partial charge >= 0.3 is 5.63 Å². The van der Waals surface area contributed by atoms with E-state index in [0.717, 1.165) is 10.8 Å². The van der Waals surface area contributed by atoms with Crippen molar-refractivity contribution in [1.29, 1.82) is 0 Å². The van der Waals surface area contributed by atoms with Gasteiger partial charge in [-0.1, -0.05) is 48.5 Å². The molecule has 5 heteroatoms. The first-order chi connectivity index (χ1) is 11.6. The first-order valence-corrected chi connectivity index (χ1v) is 8.81. The van der Waals surface area contributed by atoms with Crippen LogP contribution in [0.4, 0.5) is 0 Å². The van der Waals surface area contributed by atoms with Gasteiger partial charge in [0.05, 0.1) is 4.90 Å². The minimum absolute atomic E-state index is 0.0666. The Balaban J connectivity index is 2.08. The minimum Gasteiger partial charge on any atom is -0.422 e. The Labute approximate surface area is 137 Å². The fourth-order valence-corrected chi connectivity index (χ4v) is 4.07. The molecule has 118 valence electrons. The monoisotopic (exact) mass is 336 g/mol. The van der Waals surface area contributed by atoms with Crippen molar-refractivity contribution in [2.24, 2.45) is 0 Å². The van der Waals surface area contributed by atoms with Crippen LogP contribution in [0.2, 0.25) is 0 Å². The number of hydrogen-bond donors (Lipinski definition) is 0. The van der Waals surface area contributed by atoms with Crippen molar-refractivity contribution < 1.29 is 12.8 Å². The summed E-state index contributed by atoms with van der Waals surface area (Å²) >= 11 is 0. The zero-order chi connectivity index (χ0) is 16.7. The molecule has 1 heterocycles. The molecule has 0 radical (unpaired) electrons. The summed E-state index contributed by atoms with van der Waals surface area (Å²) in [6.07, 6.45) is 0.